The Kier molecular flexibility index (Phi) is 6.40. The summed E-state index contributed by atoms with van der Waals surface area (Å²) in [6.07, 6.45) is 0. The molecule has 0 aromatic heterocycles. The number of imide groups is 1. The molecule has 0 aliphatic carbocycles. The van der Waals surface area contributed by atoms with Crippen molar-refractivity contribution in [3.8, 4) is 5.75 Å². The first kappa shape index (κ1) is 22.7. The Balaban J connectivity index is 1.74. The molecule has 1 aliphatic rings. The number of methoxy groups -OCH3 is 1. The summed E-state index contributed by atoms with van der Waals surface area (Å²) in [5, 5.41) is 11.1. The van der Waals surface area contributed by atoms with Crippen LogP contribution in [0.1, 0.15) is 16.7 Å². The quantitative estimate of drug-likeness (QED) is 0.288. The van der Waals surface area contributed by atoms with Crippen LogP contribution in [0.15, 0.2) is 84.6 Å². The van der Waals surface area contributed by atoms with Gasteiger partial charge in [0.2, 0.25) is 0 Å². The third-order valence-corrected chi connectivity index (χ3v) is 5.68. The number of carbonyl (C=O) groups excluding carboxylic acids is 2. The van der Waals surface area contributed by atoms with Gasteiger partial charge in [0.1, 0.15) is 11.4 Å². The maximum absolute atomic E-state index is 13.6. The van der Waals surface area contributed by atoms with Gasteiger partial charge in [-0.15, -0.1) is 0 Å². The van der Waals surface area contributed by atoms with Crippen molar-refractivity contribution >= 4 is 23.1 Å². The van der Waals surface area contributed by atoms with Crippen molar-refractivity contribution in [3.63, 3.8) is 0 Å². The highest BCUT2D eigenvalue weighted by molar-refractivity contribution is 6.35. The van der Waals surface area contributed by atoms with Crippen molar-refractivity contribution in [2.45, 2.75) is 13.1 Å². The minimum absolute atomic E-state index is 0.0425. The first-order valence-corrected chi connectivity index (χ1v) is 10.6. The number of ether oxygens (including phenoxy) is 1. The summed E-state index contributed by atoms with van der Waals surface area (Å²) in [6, 6.07) is 22.5. The van der Waals surface area contributed by atoms with Crippen molar-refractivity contribution in [2.24, 2.45) is 0 Å². The number of nitro groups is 1. The summed E-state index contributed by atoms with van der Waals surface area (Å²) in [6.45, 7) is 0.453. The zero-order valence-electron chi connectivity index (χ0n) is 18.8. The van der Waals surface area contributed by atoms with Crippen LogP contribution in [-0.2, 0) is 22.7 Å². The molecule has 0 unspecified atom stereocenters. The Morgan fingerprint density at radius 1 is 0.912 bits per heavy atom. The van der Waals surface area contributed by atoms with Crippen LogP contribution in [-0.4, -0.2) is 40.7 Å². The van der Waals surface area contributed by atoms with Gasteiger partial charge in [0.15, 0.2) is 0 Å². The number of carbonyl (C=O) groups is 2. The molecule has 0 saturated carbocycles. The maximum Gasteiger partial charge on any atom is 0.278 e. The molecule has 0 fully saturated rings. The average molecular weight is 457 g/mol. The highest BCUT2D eigenvalue weighted by atomic mass is 16.6. The molecule has 0 bridgehead atoms. The van der Waals surface area contributed by atoms with Gasteiger partial charge in [-0.1, -0.05) is 48.5 Å². The first-order chi connectivity index (χ1) is 16.4. The predicted molar refractivity (Wildman–Crippen MR) is 126 cm³/mol. The topological polar surface area (TPSA) is 93.0 Å². The molecule has 0 atom stereocenters. The molecule has 2 amide bonds. The van der Waals surface area contributed by atoms with Crippen LogP contribution in [0.25, 0.3) is 5.57 Å². The van der Waals surface area contributed by atoms with E-state index >= 15 is 0 Å². The largest absolute Gasteiger partial charge is 0.496 e. The number of nitro benzene ring substituents is 1. The second kappa shape index (κ2) is 9.58. The van der Waals surface area contributed by atoms with Gasteiger partial charge in [-0.05, 0) is 29.3 Å². The fourth-order valence-electron chi connectivity index (χ4n) is 4.01. The van der Waals surface area contributed by atoms with E-state index in [1.807, 2.05) is 42.5 Å². The molecule has 172 valence electrons. The molecule has 1 aliphatic heterocycles. The van der Waals surface area contributed by atoms with E-state index in [1.54, 1.807) is 24.1 Å². The van der Waals surface area contributed by atoms with Crippen LogP contribution in [0.5, 0.6) is 5.75 Å². The highest BCUT2D eigenvalue weighted by Gasteiger charge is 2.41. The molecule has 8 nitrogen and oxygen atoms in total. The number of non-ortho nitro benzene ring substituents is 1. The van der Waals surface area contributed by atoms with Crippen molar-refractivity contribution in [2.75, 3.05) is 14.2 Å². The van der Waals surface area contributed by atoms with Gasteiger partial charge in [-0.25, -0.2) is 0 Å². The zero-order chi connectivity index (χ0) is 24.2. The molecule has 34 heavy (non-hydrogen) atoms. The molecule has 1 heterocycles. The van der Waals surface area contributed by atoms with Gasteiger partial charge in [-0.2, -0.15) is 0 Å². The molecule has 4 rings (SSSR count). The van der Waals surface area contributed by atoms with E-state index in [-0.39, 0.29) is 23.5 Å². The van der Waals surface area contributed by atoms with Gasteiger partial charge >= 0.3 is 0 Å². The van der Waals surface area contributed by atoms with E-state index in [4.69, 9.17) is 4.74 Å². The van der Waals surface area contributed by atoms with Gasteiger partial charge in [0, 0.05) is 31.3 Å². The number of hydrogen-bond donors (Lipinski definition) is 0. The van der Waals surface area contributed by atoms with Crippen molar-refractivity contribution in [1.82, 2.24) is 9.80 Å². The van der Waals surface area contributed by atoms with Gasteiger partial charge < -0.3 is 9.64 Å². The molecule has 0 saturated heterocycles. The SMILES string of the molecule is COc1ccccc1CN1C(=O)C(c2ccc([N+](=O)[O-])cc2)=C(N(C)Cc2ccccc2)C1=O. The van der Waals surface area contributed by atoms with Crippen LogP contribution in [0, 0.1) is 10.1 Å². The zero-order valence-corrected chi connectivity index (χ0v) is 18.8. The van der Waals surface area contributed by atoms with Gasteiger partial charge in [0.25, 0.3) is 17.5 Å². The van der Waals surface area contributed by atoms with Crippen molar-refractivity contribution < 1.29 is 19.2 Å². The number of likely N-dealkylation sites (N-methyl/N-ethyl adjacent to an activating group) is 1. The molecule has 3 aromatic carbocycles. The summed E-state index contributed by atoms with van der Waals surface area (Å²) >= 11 is 0. The van der Waals surface area contributed by atoms with Crippen LogP contribution in [0.2, 0.25) is 0 Å². The second-order valence-corrected chi connectivity index (χ2v) is 7.88. The number of amides is 2. The first-order valence-electron chi connectivity index (χ1n) is 10.6. The maximum atomic E-state index is 13.6. The Morgan fingerprint density at radius 2 is 1.56 bits per heavy atom. The molecule has 0 radical (unpaired) electrons. The Bertz CT molecular complexity index is 1270. The van der Waals surface area contributed by atoms with E-state index in [1.165, 1.54) is 36.3 Å². The van der Waals surface area contributed by atoms with E-state index in [0.29, 0.717) is 23.4 Å². The number of rotatable bonds is 8. The molecule has 0 spiro atoms. The summed E-state index contributed by atoms with van der Waals surface area (Å²) in [5.41, 5.74) is 2.49. The number of nitrogens with zero attached hydrogens (tertiary/aromatic N) is 3. The lowest BCUT2D eigenvalue weighted by atomic mass is 10.0. The highest BCUT2D eigenvalue weighted by Crippen LogP contribution is 2.34. The van der Waals surface area contributed by atoms with E-state index < -0.39 is 16.7 Å². The Hall–Kier alpha value is -4.46. The van der Waals surface area contributed by atoms with Crippen LogP contribution >= 0.6 is 0 Å². The minimum Gasteiger partial charge on any atom is -0.496 e. The van der Waals surface area contributed by atoms with E-state index in [9.17, 15) is 19.7 Å². The molecular formula is C26H23N3O5. The lowest BCUT2D eigenvalue weighted by Crippen LogP contribution is -2.33. The number of hydrogen-bond acceptors (Lipinski definition) is 6. The summed E-state index contributed by atoms with van der Waals surface area (Å²) in [5.74, 6) is -0.312. The van der Waals surface area contributed by atoms with Crippen molar-refractivity contribution in [1.29, 1.82) is 0 Å². The lowest BCUT2D eigenvalue weighted by molar-refractivity contribution is -0.384. The third-order valence-electron chi connectivity index (χ3n) is 5.68. The van der Waals surface area contributed by atoms with Gasteiger partial charge in [0.05, 0.1) is 24.2 Å². The standard InChI is InChI=1S/C26H23N3O5/c1-27(16-18-8-4-3-5-9-18)24-23(19-12-14-21(15-13-19)29(32)33)25(30)28(26(24)31)17-20-10-6-7-11-22(20)34-2/h3-15H,16-17H2,1-2H3. The fraction of sp³-hybridized carbons (Fsp3) is 0.154. The summed E-state index contributed by atoms with van der Waals surface area (Å²) < 4.78 is 5.39. The molecular weight excluding hydrogens is 434 g/mol. The monoisotopic (exact) mass is 457 g/mol. The van der Waals surface area contributed by atoms with E-state index in [2.05, 4.69) is 0 Å². The average Bonchev–Trinajstić information content (AvgIpc) is 3.10. The number of para-hydroxylation sites is 1. The van der Waals surface area contributed by atoms with Crippen molar-refractivity contribution in [3.05, 3.63) is 111 Å². The van der Waals surface area contributed by atoms with Crippen LogP contribution in [0.3, 0.4) is 0 Å². The molecule has 0 N–H and O–H groups in total. The third kappa shape index (κ3) is 4.38. The smallest absolute Gasteiger partial charge is 0.278 e. The number of benzene rings is 3. The van der Waals surface area contributed by atoms with Crippen LogP contribution < -0.4 is 4.74 Å². The summed E-state index contributed by atoms with van der Waals surface area (Å²) in [7, 11) is 3.29. The lowest BCUT2D eigenvalue weighted by Gasteiger charge is -2.22. The van der Waals surface area contributed by atoms with Gasteiger partial charge in [-0.3, -0.25) is 24.6 Å². The normalized spacial score (nSPS) is 13.4. The Labute approximate surface area is 196 Å². The molecule has 8 heteroatoms. The van der Waals surface area contributed by atoms with Crippen LogP contribution in [0.4, 0.5) is 5.69 Å². The Morgan fingerprint density at radius 3 is 2.21 bits per heavy atom. The predicted octanol–water partition coefficient (Wildman–Crippen LogP) is 4.02. The molecule has 3 aromatic rings. The van der Waals surface area contributed by atoms with E-state index in [0.717, 1.165) is 5.56 Å². The second-order valence-electron chi connectivity index (χ2n) is 7.88. The minimum atomic E-state index is -0.504. The fourth-order valence-corrected chi connectivity index (χ4v) is 4.01. The summed E-state index contributed by atoms with van der Waals surface area (Å²) in [4.78, 5) is 40.6.